The van der Waals surface area contributed by atoms with E-state index in [0.717, 1.165) is 31.5 Å². The van der Waals surface area contributed by atoms with Crippen LogP contribution in [0, 0.1) is 6.92 Å². The normalized spacial score (nSPS) is 14.3. The Bertz CT molecular complexity index is 925. The van der Waals surface area contributed by atoms with Crippen molar-refractivity contribution in [3.63, 3.8) is 0 Å². The van der Waals surface area contributed by atoms with Gasteiger partial charge in [0.25, 0.3) is 10.0 Å². The number of sulfonamides is 1. The lowest BCUT2D eigenvalue weighted by Gasteiger charge is -2.21. The maximum Gasteiger partial charge on any atom is 0.262 e. The molecule has 1 saturated heterocycles. The molecule has 0 atom stereocenters. The standard InChI is InChI=1S/C18H25N5O3S/c1-13-11-14(7-8-16(13)26-4)27(24,25)21-15-12-19-18(20-17(15)22(2)3)23-9-5-6-10-23/h7-8,11-12,21H,5-6,9-10H2,1-4H3. The van der Waals surface area contributed by atoms with Gasteiger partial charge in [-0.25, -0.2) is 13.4 Å². The van der Waals surface area contributed by atoms with E-state index in [0.29, 0.717) is 23.2 Å². The predicted octanol–water partition coefficient (Wildman–Crippen LogP) is 2.26. The molecule has 1 N–H and O–H groups in total. The highest BCUT2D eigenvalue weighted by molar-refractivity contribution is 7.92. The Morgan fingerprint density at radius 1 is 1.22 bits per heavy atom. The van der Waals surface area contributed by atoms with Gasteiger partial charge in [-0.3, -0.25) is 4.72 Å². The Morgan fingerprint density at radius 3 is 2.52 bits per heavy atom. The Balaban J connectivity index is 1.92. The minimum Gasteiger partial charge on any atom is -0.496 e. The van der Waals surface area contributed by atoms with E-state index in [1.54, 1.807) is 31.1 Å². The largest absolute Gasteiger partial charge is 0.496 e. The summed E-state index contributed by atoms with van der Waals surface area (Å²) in [5, 5.41) is 0. The molecule has 0 bridgehead atoms. The van der Waals surface area contributed by atoms with E-state index >= 15 is 0 Å². The molecular formula is C18H25N5O3S. The third-order valence-electron chi connectivity index (χ3n) is 4.49. The zero-order chi connectivity index (χ0) is 19.6. The number of hydrogen-bond acceptors (Lipinski definition) is 7. The quantitative estimate of drug-likeness (QED) is 0.808. The highest BCUT2D eigenvalue weighted by Gasteiger charge is 2.22. The van der Waals surface area contributed by atoms with Gasteiger partial charge in [0.1, 0.15) is 11.4 Å². The van der Waals surface area contributed by atoms with E-state index in [4.69, 9.17) is 4.74 Å². The fourth-order valence-corrected chi connectivity index (χ4v) is 4.20. The Hall–Kier alpha value is -2.55. The lowest BCUT2D eigenvalue weighted by molar-refractivity contribution is 0.411. The monoisotopic (exact) mass is 391 g/mol. The molecule has 146 valence electrons. The Kier molecular flexibility index (Phi) is 5.41. The minimum atomic E-state index is -3.77. The number of ether oxygens (including phenoxy) is 1. The van der Waals surface area contributed by atoms with Gasteiger partial charge < -0.3 is 14.5 Å². The van der Waals surface area contributed by atoms with Crippen LogP contribution in [0.25, 0.3) is 0 Å². The molecule has 0 radical (unpaired) electrons. The first-order chi connectivity index (χ1) is 12.8. The number of aryl methyl sites for hydroxylation is 1. The molecule has 2 aromatic rings. The minimum absolute atomic E-state index is 0.161. The maximum absolute atomic E-state index is 12.8. The van der Waals surface area contributed by atoms with Crippen LogP contribution in [0.3, 0.4) is 0 Å². The molecule has 0 amide bonds. The molecular weight excluding hydrogens is 366 g/mol. The molecule has 0 saturated carbocycles. The molecule has 1 aromatic carbocycles. The van der Waals surface area contributed by atoms with Gasteiger partial charge in [-0.15, -0.1) is 0 Å². The van der Waals surface area contributed by atoms with Crippen molar-refractivity contribution in [1.29, 1.82) is 0 Å². The second kappa shape index (κ2) is 7.59. The number of benzene rings is 1. The van der Waals surface area contributed by atoms with Crippen molar-refractivity contribution in [3.05, 3.63) is 30.0 Å². The fourth-order valence-electron chi connectivity index (χ4n) is 3.07. The van der Waals surface area contributed by atoms with Crippen LogP contribution >= 0.6 is 0 Å². The van der Waals surface area contributed by atoms with Crippen molar-refractivity contribution in [2.75, 3.05) is 48.8 Å². The highest BCUT2D eigenvalue weighted by Crippen LogP contribution is 2.28. The average molecular weight is 391 g/mol. The number of nitrogens with zero attached hydrogens (tertiary/aromatic N) is 4. The zero-order valence-corrected chi connectivity index (χ0v) is 16.9. The SMILES string of the molecule is COc1ccc(S(=O)(=O)Nc2cnc(N3CCCC3)nc2N(C)C)cc1C. The van der Waals surface area contributed by atoms with Gasteiger partial charge >= 0.3 is 0 Å². The smallest absolute Gasteiger partial charge is 0.262 e. The van der Waals surface area contributed by atoms with Crippen molar-refractivity contribution in [1.82, 2.24) is 9.97 Å². The molecule has 9 heteroatoms. The van der Waals surface area contributed by atoms with Gasteiger partial charge in [0.05, 0.1) is 18.2 Å². The van der Waals surface area contributed by atoms with Crippen molar-refractivity contribution in [3.8, 4) is 5.75 Å². The van der Waals surface area contributed by atoms with Crippen LogP contribution in [0.5, 0.6) is 5.75 Å². The molecule has 27 heavy (non-hydrogen) atoms. The van der Waals surface area contributed by atoms with Crippen molar-refractivity contribution < 1.29 is 13.2 Å². The van der Waals surface area contributed by atoms with Gasteiger partial charge in [0.2, 0.25) is 5.95 Å². The number of aromatic nitrogens is 2. The van der Waals surface area contributed by atoms with Crippen LogP contribution in [0.15, 0.2) is 29.3 Å². The van der Waals surface area contributed by atoms with Crippen LogP contribution in [-0.2, 0) is 10.0 Å². The molecule has 3 rings (SSSR count). The first-order valence-electron chi connectivity index (χ1n) is 8.78. The summed E-state index contributed by atoms with van der Waals surface area (Å²) >= 11 is 0. The highest BCUT2D eigenvalue weighted by atomic mass is 32.2. The molecule has 1 aliphatic rings. The van der Waals surface area contributed by atoms with Crippen LogP contribution in [0.4, 0.5) is 17.5 Å². The lowest BCUT2D eigenvalue weighted by Crippen LogP contribution is -2.24. The maximum atomic E-state index is 12.8. The summed E-state index contributed by atoms with van der Waals surface area (Å²) in [7, 11) is 1.43. The molecule has 1 aromatic heterocycles. The van der Waals surface area contributed by atoms with Gasteiger partial charge in [-0.1, -0.05) is 0 Å². The van der Waals surface area contributed by atoms with Gasteiger partial charge in [0, 0.05) is 27.2 Å². The fraction of sp³-hybridized carbons (Fsp3) is 0.444. The van der Waals surface area contributed by atoms with E-state index < -0.39 is 10.0 Å². The molecule has 0 spiro atoms. The van der Waals surface area contributed by atoms with Gasteiger partial charge in [0.15, 0.2) is 5.82 Å². The van der Waals surface area contributed by atoms with Crippen molar-refractivity contribution >= 4 is 27.5 Å². The van der Waals surface area contributed by atoms with E-state index in [1.165, 1.54) is 12.3 Å². The van der Waals surface area contributed by atoms with Crippen LogP contribution < -0.4 is 19.3 Å². The third kappa shape index (κ3) is 4.08. The lowest BCUT2D eigenvalue weighted by atomic mass is 10.2. The molecule has 8 nitrogen and oxygen atoms in total. The number of hydrogen-bond donors (Lipinski definition) is 1. The second-order valence-electron chi connectivity index (χ2n) is 6.73. The summed E-state index contributed by atoms with van der Waals surface area (Å²) in [5.74, 6) is 1.79. The van der Waals surface area contributed by atoms with E-state index in [1.807, 2.05) is 14.1 Å². The molecule has 2 heterocycles. The Labute approximate surface area is 160 Å². The zero-order valence-electron chi connectivity index (χ0n) is 16.1. The number of nitrogens with one attached hydrogen (secondary N) is 1. The predicted molar refractivity (Wildman–Crippen MR) is 106 cm³/mol. The van der Waals surface area contributed by atoms with Crippen LogP contribution in [0.2, 0.25) is 0 Å². The summed E-state index contributed by atoms with van der Waals surface area (Å²) in [6.45, 7) is 3.64. The number of rotatable bonds is 6. The van der Waals surface area contributed by atoms with Gasteiger partial charge in [-0.2, -0.15) is 4.98 Å². The summed E-state index contributed by atoms with van der Waals surface area (Å²) in [5.41, 5.74) is 1.09. The topological polar surface area (TPSA) is 87.7 Å². The summed E-state index contributed by atoms with van der Waals surface area (Å²) < 4.78 is 33.5. The van der Waals surface area contributed by atoms with Crippen LogP contribution in [0.1, 0.15) is 18.4 Å². The number of anilines is 3. The molecule has 0 unspecified atom stereocenters. The van der Waals surface area contributed by atoms with E-state index in [2.05, 4.69) is 19.6 Å². The first kappa shape index (κ1) is 19.2. The van der Waals surface area contributed by atoms with Crippen molar-refractivity contribution in [2.45, 2.75) is 24.7 Å². The van der Waals surface area contributed by atoms with E-state index in [-0.39, 0.29) is 4.90 Å². The van der Waals surface area contributed by atoms with Crippen molar-refractivity contribution in [2.24, 2.45) is 0 Å². The molecule has 1 fully saturated rings. The summed E-state index contributed by atoms with van der Waals surface area (Å²) in [4.78, 5) is 13.0. The third-order valence-corrected chi connectivity index (χ3v) is 5.85. The molecule has 1 aliphatic heterocycles. The second-order valence-corrected chi connectivity index (χ2v) is 8.42. The summed E-state index contributed by atoms with van der Waals surface area (Å²) in [6.07, 6.45) is 3.77. The van der Waals surface area contributed by atoms with E-state index in [9.17, 15) is 8.42 Å². The van der Waals surface area contributed by atoms with Crippen LogP contribution in [-0.4, -0.2) is 52.7 Å². The number of methoxy groups -OCH3 is 1. The summed E-state index contributed by atoms with van der Waals surface area (Å²) in [6, 6.07) is 4.74. The Morgan fingerprint density at radius 2 is 1.93 bits per heavy atom. The van der Waals surface area contributed by atoms with Gasteiger partial charge in [-0.05, 0) is 43.5 Å². The first-order valence-corrected chi connectivity index (χ1v) is 10.3. The average Bonchev–Trinajstić information content (AvgIpc) is 3.16. The molecule has 0 aliphatic carbocycles.